The first-order valence-corrected chi connectivity index (χ1v) is 13.3. The maximum atomic E-state index is 12.8. The second kappa shape index (κ2) is 10.6. The molecule has 1 aromatic carbocycles. The molecule has 0 aliphatic carbocycles. The minimum Gasteiger partial charge on any atom is -0.487 e. The van der Waals surface area contributed by atoms with Crippen molar-refractivity contribution in [2.24, 2.45) is 11.8 Å². The van der Waals surface area contributed by atoms with Gasteiger partial charge in [-0.3, -0.25) is 0 Å². The first-order chi connectivity index (χ1) is 17.3. The lowest BCUT2D eigenvalue weighted by molar-refractivity contribution is -0.191. The van der Waals surface area contributed by atoms with Gasteiger partial charge in [-0.25, -0.2) is 9.59 Å². The highest BCUT2D eigenvalue weighted by atomic mass is 16.6. The van der Waals surface area contributed by atoms with Crippen molar-refractivity contribution in [1.29, 1.82) is 0 Å². The van der Waals surface area contributed by atoms with Crippen molar-refractivity contribution < 1.29 is 33.6 Å². The second-order valence-corrected chi connectivity index (χ2v) is 12.0. The Bertz CT molecular complexity index is 1040. The van der Waals surface area contributed by atoms with E-state index in [0.717, 1.165) is 31.2 Å². The van der Waals surface area contributed by atoms with E-state index >= 15 is 0 Å². The quantitative estimate of drug-likeness (QED) is 0.482. The Hall–Kier alpha value is -2.74. The van der Waals surface area contributed by atoms with Crippen LogP contribution in [-0.2, 0) is 14.3 Å². The van der Waals surface area contributed by atoms with Gasteiger partial charge in [0.25, 0.3) is 0 Å². The fraction of sp³-hybridized carbons (Fsp3) is 0.655. The highest BCUT2D eigenvalue weighted by molar-refractivity contribution is 5.68. The van der Waals surface area contributed by atoms with Gasteiger partial charge in [-0.1, -0.05) is 11.6 Å². The molecule has 8 nitrogen and oxygen atoms in total. The summed E-state index contributed by atoms with van der Waals surface area (Å²) in [5, 5.41) is 9.00. The number of benzene rings is 1. The summed E-state index contributed by atoms with van der Waals surface area (Å²) in [5.74, 6) is 0.438. The molecule has 8 heteroatoms. The third kappa shape index (κ3) is 6.40. The van der Waals surface area contributed by atoms with E-state index in [1.54, 1.807) is 12.1 Å². The lowest BCUT2D eigenvalue weighted by Gasteiger charge is -2.54. The number of likely N-dealkylation sites (tertiary alicyclic amines) is 1. The summed E-state index contributed by atoms with van der Waals surface area (Å²) in [7, 11) is 0. The molecule has 0 aromatic heterocycles. The molecule has 204 valence electrons. The first kappa shape index (κ1) is 27.3. The molecule has 4 rings (SSSR count). The molecule has 2 fully saturated rings. The molecular weight excluding hydrogens is 474 g/mol. The van der Waals surface area contributed by atoms with E-state index < -0.39 is 23.8 Å². The van der Waals surface area contributed by atoms with Crippen molar-refractivity contribution in [3.8, 4) is 11.5 Å². The first-order valence-electron chi connectivity index (χ1n) is 13.3. The van der Waals surface area contributed by atoms with Crippen molar-refractivity contribution in [2.45, 2.75) is 90.6 Å². The number of carboxylic acid groups (broad SMARTS) is 1. The molecule has 2 saturated heterocycles. The van der Waals surface area contributed by atoms with Gasteiger partial charge in [0.05, 0.1) is 12.2 Å². The van der Waals surface area contributed by atoms with Crippen molar-refractivity contribution >= 4 is 12.1 Å². The number of carboxylic acids is 1. The molecule has 1 N–H and O–H groups in total. The van der Waals surface area contributed by atoms with E-state index in [4.69, 9.17) is 24.1 Å². The summed E-state index contributed by atoms with van der Waals surface area (Å²) in [6, 6.07) is 5.51. The van der Waals surface area contributed by atoms with Crippen LogP contribution >= 0.6 is 0 Å². The van der Waals surface area contributed by atoms with E-state index in [1.807, 2.05) is 31.7 Å². The van der Waals surface area contributed by atoms with Gasteiger partial charge < -0.3 is 29.0 Å². The molecule has 0 radical (unpaired) electrons. The van der Waals surface area contributed by atoms with Crippen LogP contribution in [0.2, 0.25) is 0 Å². The van der Waals surface area contributed by atoms with Crippen LogP contribution in [0, 0.1) is 11.8 Å². The summed E-state index contributed by atoms with van der Waals surface area (Å²) in [5.41, 5.74) is 1.22. The van der Waals surface area contributed by atoms with Crippen molar-refractivity contribution in [1.82, 2.24) is 4.90 Å². The average molecular weight is 516 g/mol. The Balaban J connectivity index is 1.59. The summed E-state index contributed by atoms with van der Waals surface area (Å²) in [4.78, 5) is 25.6. The van der Waals surface area contributed by atoms with Gasteiger partial charge in [0, 0.05) is 36.6 Å². The van der Waals surface area contributed by atoms with Gasteiger partial charge in [-0.05, 0) is 79.4 Å². The number of rotatable bonds is 6. The molecule has 3 aliphatic rings. The minimum atomic E-state index is -1.02. The second-order valence-electron chi connectivity index (χ2n) is 12.0. The zero-order chi connectivity index (χ0) is 27.0. The number of allylic oxidation sites excluding steroid dienone is 2. The Morgan fingerprint density at radius 3 is 2.70 bits per heavy atom. The number of amides is 1. The largest absolute Gasteiger partial charge is 0.487 e. The van der Waals surface area contributed by atoms with E-state index in [9.17, 15) is 9.59 Å². The summed E-state index contributed by atoms with van der Waals surface area (Å²) < 4.78 is 24.6. The number of piperidine rings is 1. The molecular formula is C29H41NO7. The smallest absolute Gasteiger partial charge is 0.410 e. The van der Waals surface area contributed by atoms with Crippen LogP contribution in [-0.4, -0.2) is 59.1 Å². The fourth-order valence-electron chi connectivity index (χ4n) is 5.78. The van der Waals surface area contributed by atoms with Gasteiger partial charge in [0.15, 0.2) is 6.61 Å². The fourth-order valence-corrected chi connectivity index (χ4v) is 5.78. The molecule has 1 amide bonds. The molecule has 37 heavy (non-hydrogen) atoms. The number of fused-ring (bicyclic) bond motifs is 4. The topological polar surface area (TPSA) is 94.5 Å². The van der Waals surface area contributed by atoms with Crippen LogP contribution in [0.25, 0.3) is 0 Å². The van der Waals surface area contributed by atoms with Crippen LogP contribution in [0.1, 0.15) is 78.9 Å². The number of ether oxygens (including phenoxy) is 4. The highest BCUT2D eigenvalue weighted by Crippen LogP contribution is 2.54. The average Bonchev–Trinajstić information content (AvgIpc) is 2.80. The number of carbonyl (C=O) groups is 2. The molecule has 0 unspecified atom stereocenters. The maximum Gasteiger partial charge on any atom is 0.410 e. The van der Waals surface area contributed by atoms with Gasteiger partial charge in [-0.2, -0.15) is 0 Å². The van der Waals surface area contributed by atoms with Crippen LogP contribution in [0.15, 0.2) is 29.8 Å². The number of nitrogens with zero attached hydrogens (tertiary/aromatic N) is 1. The lowest BCUT2D eigenvalue weighted by Crippen LogP contribution is -2.57. The van der Waals surface area contributed by atoms with Crippen molar-refractivity contribution in [3.05, 3.63) is 35.4 Å². The van der Waals surface area contributed by atoms with Crippen LogP contribution in [0.5, 0.6) is 11.5 Å². The zero-order valence-corrected chi connectivity index (χ0v) is 22.9. The highest BCUT2D eigenvalue weighted by Gasteiger charge is 2.53. The maximum absolute atomic E-state index is 12.8. The third-order valence-corrected chi connectivity index (χ3v) is 7.53. The van der Waals surface area contributed by atoms with Crippen molar-refractivity contribution in [3.63, 3.8) is 0 Å². The Kier molecular flexibility index (Phi) is 7.79. The normalized spacial score (nSPS) is 28.6. The third-order valence-electron chi connectivity index (χ3n) is 7.53. The molecule has 5 atom stereocenters. The Labute approximate surface area is 219 Å². The molecule has 1 aromatic rings. The lowest BCUT2D eigenvalue weighted by atomic mass is 9.68. The molecule has 3 heterocycles. The van der Waals surface area contributed by atoms with Crippen LogP contribution in [0.4, 0.5) is 4.79 Å². The van der Waals surface area contributed by atoms with E-state index in [0.29, 0.717) is 24.6 Å². The van der Waals surface area contributed by atoms with Crippen molar-refractivity contribution in [2.75, 3.05) is 19.7 Å². The summed E-state index contributed by atoms with van der Waals surface area (Å²) in [6.45, 7) is 12.8. The van der Waals surface area contributed by atoms with E-state index in [-0.39, 0.29) is 30.1 Å². The Morgan fingerprint density at radius 1 is 1.27 bits per heavy atom. The predicted octanol–water partition coefficient (Wildman–Crippen LogP) is 5.75. The van der Waals surface area contributed by atoms with Crippen LogP contribution in [0.3, 0.4) is 0 Å². The van der Waals surface area contributed by atoms with Gasteiger partial charge >= 0.3 is 12.1 Å². The standard InChI is InChI=1S/C29H41NO7/c1-18(2)8-7-12-29(6)22-14-19-16-30(27(33)37-28(3,4)5)13-11-23(19)35-26(22)21-10-9-20(15-24(21)36-29)34-17-25(31)32/h8-10,15,19,22-23,26H,7,11-14,16-17H2,1-6H3,(H,31,32)/t19-,22-,23-,26+,29-/m0/s1. The molecule has 3 aliphatic heterocycles. The molecule has 0 spiro atoms. The summed E-state index contributed by atoms with van der Waals surface area (Å²) >= 11 is 0. The molecule has 0 saturated carbocycles. The van der Waals surface area contributed by atoms with E-state index in [2.05, 4.69) is 26.8 Å². The van der Waals surface area contributed by atoms with Gasteiger partial charge in [0.2, 0.25) is 0 Å². The SMILES string of the molecule is CC(C)=CCC[C@]1(C)Oc2cc(OCC(=O)O)ccc2[C@H]2O[C@H]3CCN(C(=O)OC(C)(C)C)C[C@@H]3C[C@@H]21. The number of hydrogen-bond donors (Lipinski definition) is 1. The van der Waals surface area contributed by atoms with E-state index in [1.165, 1.54) is 5.57 Å². The Morgan fingerprint density at radius 2 is 2.03 bits per heavy atom. The van der Waals surface area contributed by atoms with Gasteiger partial charge in [0.1, 0.15) is 22.7 Å². The predicted molar refractivity (Wildman–Crippen MR) is 139 cm³/mol. The summed E-state index contributed by atoms with van der Waals surface area (Å²) in [6.07, 6.45) is 5.22. The molecule has 0 bridgehead atoms. The number of hydrogen-bond acceptors (Lipinski definition) is 6. The van der Waals surface area contributed by atoms with Gasteiger partial charge in [-0.15, -0.1) is 0 Å². The monoisotopic (exact) mass is 515 g/mol. The number of aliphatic carboxylic acids is 1. The zero-order valence-electron chi connectivity index (χ0n) is 22.9. The minimum absolute atomic E-state index is 0.0517. The van der Waals surface area contributed by atoms with Crippen LogP contribution < -0.4 is 9.47 Å². The number of carbonyl (C=O) groups excluding carboxylic acids is 1.